The zero-order valence-electron chi connectivity index (χ0n) is 18.8. The molecule has 31 heavy (non-hydrogen) atoms. The summed E-state index contributed by atoms with van der Waals surface area (Å²) in [5, 5.41) is 20.3. The van der Waals surface area contributed by atoms with Gasteiger partial charge in [-0.1, -0.05) is 64.7 Å². The molecule has 1 aliphatic rings. The van der Waals surface area contributed by atoms with Gasteiger partial charge >= 0.3 is 0 Å². The normalized spacial score (nSPS) is 12.3. The molecule has 0 unspecified atom stereocenters. The van der Waals surface area contributed by atoms with Gasteiger partial charge in [0.1, 0.15) is 11.5 Å². The summed E-state index contributed by atoms with van der Waals surface area (Å²) in [6.45, 7) is 3.75. The van der Waals surface area contributed by atoms with Crippen LogP contribution in [0.2, 0.25) is 0 Å². The molecule has 1 aliphatic heterocycles. The molecule has 3 rings (SSSR count). The first-order valence-corrected chi connectivity index (χ1v) is 11.7. The molecule has 2 aromatic rings. The topological polar surface area (TPSA) is 70.0 Å². The highest BCUT2D eigenvalue weighted by Crippen LogP contribution is 2.49. The fourth-order valence-corrected chi connectivity index (χ4v) is 4.22. The van der Waals surface area contributed by atoms with Crippen molar-refractivity contribution >= 4 is 17.3 Å². The lowest BCUT2D eigenvalue weighted by atomic mass is 10.0. The maximum Gasteiger partial charge on any atom is 0.228 e. The summed E-state index contributed by atoms with van der Waals surface area (Å²) in [4.78, 5) is 14.0. The fourth-order valence-electron chi connectivity index (χ4n) is 4.22. The number of fused-ring (bicyclic) bond motifs is 2. The van der Waals surface area contributed by atoms with Crippen LogP contribution in [0.1, 0.15) is 83.6 Å². The zero-order chi connectivity index (χ0) is 22.2. The highest BCUT2D eigenvalue weighted by Gasteiger charge is 2.29. The van der Waals surface area contributed by atoms with E-state index in [-0.39, 0.29) is 17.4 Å². The number of unbranched alkanes of at least 4 members (excludes halogenated alkanes) is 9. The predicted molar refractivity (Wildman–Crippen MR) is 125 cm³/mol. The number of ether oxygens (including phenoxy) is 1. The molecule has 0 aliphatic carbocycles. The molecule has 1 amide bonds. The van der Waals surface area contributed by atoms with Crippen molar-refractivity contribution in [3.63, 3.8) is 0 Å². The fraction of sp³-hybridized carbons (Fsp3) is 0.500. The van der Waals surface area contributed by atoms with E-state index >= 15 is 0 Å². The minimum Gasteiger partial charge on any atom is -0.508 e. The maximum atomic E-state index is 12.4. The number of carbonyl (C=O) groups excluding carboxylic acids is 1. The smallest absolute Gasteiger partial charge is 0.228 e. The van der Waals surface area contributed by atoms with E-state index in [1.807, 2.05) is 6.07 Å². The first-order chi connectivity index (χ1) is 15.0. The van der Waals surface area contributed by atoms with Gasteiger partial charge in [-0.2, -0.15) is 0 Å². The summed E-state index contributed by atoms with van der Waals surface area (Å²) in [5.41, 5.74) is 2.05. The highest BCUT2D eigenvalue weighted by atomic mass is 16.5. The number of hydrogen-bond donors (Lipinski definition) is 2. The minimum atomic E-state index is -0.146. The molecule has 2 aromatic carbocycles. The first kappa shape index (κ1) is 23.0. The van der Waals surface area contributed by atoms with Crippen LogP contribution in [0.5, 0.6) is 23.0 Å². The molecule has 0 radical (unpaired) electrons. The van der Waals surface area contributed by atoms with Crippen molar-refractivity contribution in [2.75, 3.05) is 4.90 Å². The first-order valence-electron chi connectivity index (χ1n) is 11.7. The van der Waals surface area contributed by atoms with Crippen molar-refractivity contribution in [3.8, 4) is 23.0 Å². The summed E-state index contributed by atoms with van der Waals surface area (Å²) in [6.07, 6.45) is 13.4. The predicted octanol–water partition coefficient (Wildman–Crippen LogP) is 7.35. The molecule has 5 heteroatoms. The standard InChI is InChI=1S/C26H35NO4/c1-3-4-5-6-7-8-9-10-11-12-13-20-16-23-26(18-24(20)30)31-25-17-21(29)14-15-22(25)27(23)19(2)28/h14-18,29-30H,3-13H2,1-2H3. The van der Waals surface area contributed by atoms with Gasteiger partial charge in [0, 0.05) is 19.1 Å². The average Bonchev–Trinajstić information content (AvgIpc) is 2.73. The van der Waals surface area contributed by atoms with Crippen LogP contribution in [0.4, 0.5) is 11.4 Å². The Hall–Kier alpha value is -2.69. The Kier molecular flexibility index (Phi) is 8.21. The summed E-state index contributed by atoms with van der Waals surface area (Å²) >= 11 is 0. The van der Waals surface area contributed by atoms with Crippen LogP contribution in [0.15, 0.2) is 30.3 Å². The van der Waals surface area contributed by atoms with Gasteiger partial charge in [0.2, 0.25) is 5.91 Å². The van der Waals surface area contributed by atoms with Crippen LogP contribution in [-0.2, 0) is 11.2 Å². The molecule has 0 bridgehead atoms. The molecule has 0 fully saturated rings. The molecule has 168 valence electrons. The van der Waals surface area contributed by atoms with Crippen LogP contribution in [0.3, 0.4) is 0 Å². The van der Waals surface area contributed by atoms with Gasteiger partial charge in [0.15, 0.2) is 11.5 Å². The minimum absolute atomic E-state index is 0.0625. The monoisotopic (exact) mass is 425 g/mol. The number of anilines is 2. The summed E-state index contributed by atoms with van der Waals surface area (Å²) in [7, 11) is 0. The van der Waals surface area contributed by atoms with Gasteiger partial charge < -0.3 is 14.9 Å². The van der Waals surface area contributed by atoms with Gasteiger partial charge in [-0.15, -0.1) is 0 Å². The third-order valence-corrected chi connectivity index (χ3v) is 5.92. The van der Waals surface area contributed by atoms with Gasteiger partial charge in [0.05, 0.1) is 11.4 Å². The second kappa shape index (κ2) is 11.1. The number of aromatic hydroxyl groups is 2. The second-order valence-corrected chi connectivity index (χ2v) is 8.49. The van der Waals surface area contributed by atoms with Crippen LogP contribution < -0.4 is 9.64 Å². The van der Waals surface area contributed by atoms with Crippen molar-refractivity contribution in [3.05, 3.63) is 35.9 Å². The van der Waals surface area contributed by atoms with Gasteiger partial charge in [-0.05, 0) is 36.6 Å². The second-order valence-electron chi connectivity index (χ2n) is 8.49. The van der Waals surface area contributed by atoms with Crippen LogP contribution in [0.25, 0.3) is 0 Å². The number of benzene rings is 2. The maximum absolute atomic E-state index is 12.4. The SMILES string of the molecule is CCCCCCCCCCCCc1cc2c(cc1O)Oc1cc(O)ccc1N2C(C)=O. The van der Waals surface area contributed by atoms with Gasteiger partial charge in [-0.25, -0.2) is 0 Å². The van der Waals surface area contributed by atoms with Crippen molar-refractivity contribution in [2.24, 2.45) is 0 Å². The molecule has 0 spiro atoms. The quantitative estimate of drug-likeness (QED) is 0.369. The lowest BCUT2D eigenvalue weighted by Gasteiger charge is -2.31. The lowest BCUT2D eigenvalue weighted by molar-refractivity contribution is -0.115. The number of nitrogens with zero attached hydrogens (tertiary/aromatic N) is 1. The van der Waals surface area contributed by atoms with E-state index < -0.39 is 0 Å². The number of hydrogen-bond acceptors (Lipinski definition) is 4. The van der Waals surface area contributed by atoms with Crippen LogP contribution in [0, 0.1) is 0 Å². The average molecular weight is 426 g/mol. The van der Waals surface area contributed by atoms with Gasteiger partial charge in [0.25, 0.3) is 0 Å². The van der Waals surface area contributed by atoms with E-state index in [9.17, 15) is 15.0 Å². The van der Waals surface area contributed by atoms with E-state index in [2.05, 4.69) is 6.92 Å². The molecule has 0 saturated carbocycles. The van der Waals surface area contributed by atoms with Crippen molar-refractivity contribution in [2.45, 2.75) is 84.5 Å². The Bertz CT molecular complexity index is 893. The van der Waals surface area contributed by atoms with Crippen molar-refractivity contribution < 1.29 is 19.7 Å². The van der Waals surface area contributed by atoms with E-state index in [0.29, 0.717) is 22.9 Å². The Labute approximate surface area is 185 Å². The van der Waals surface area contributed by atoms with E-state index in [4.69, 9.17) is 4.74 Å². The number of phenolic OH excluding ortho intramolecular Hbond substituents is 2. The number of rotatable bonds is 11. The third kappa shape index (κ3) is 5.93. The summed E-state index contributed by atoms with van der Waals surface area (Å²) in [6, 6.07) is 8.11. The van der Waals surface area contributed by atoms with Crippen LogP contribution >= 0.6 is 0 Å². The molecule has 2 N–H and O–H groups in total. The molecule has 5 nitrogen and oxygen atoms in total. The lowest BCUT2D eigenvalue weighted by Crippen LogP contribution is -2.26. The summed E-state index contributed by atoms with van der Waals surface area (Å²) < 4.78 is 5.87. The Morgan fingerprint density at radius 1 is 0.839 bits per heavy atom. The number of carbonyl (C=O) groups is 1. The Morgan fingerprint density at radius 2 is 1.45 bits per heavy atom. The highest BCUT2D eigenvalue weighted by molar-refractivity contribution is 6.03. The summed E-state index contributed by atoms with van der Waals surface area (Å²) in [5.74, 6) is 0.906. The Balaban J connectivity index is 1.57. The molecule has 1 heterocycles. The molecular weight excluding hydrogens is 390 g/mol. The van der Waals surface area contributed by atoms with Crippen LogP contribution in [-0.4, -0.2) is 16.1 Å². The zero-order valence-corrected chi connectivity index (χ0v) is 18.8. The van der Waals surface area contributed by atoms with Gasteiger partial charge in [-0.3, -0.25) is 9.69 Å². The number of phenols is 2. The van der Waals surface area contributed by atoms with Crippen molar-refractivity contribution in [1.29, 1.82) is 0 Å². The van der Waals surface area contributed by atoms with E-state index in [1.165, 1.54) is 70.4 Å². The molecular formula is C26H35NO4. The van der Waals surface area contributed by atoms with Crippen molar-refractivity contribution in [1.82, 2.24) is 0 Å². The largest absolute Gasteiger partial charge is 0.508 e. The molecule has 0 atom stereocenters. The Morgan fingerprint density at radius 3 is 2.10 bits per heavy atom. The number of amides is 1. The number of aryl methyl sites for hydroxylation is 1. The van der Waals surface area contributed by atoms with E-state index in [1.54, 1.807) is 17.0 Å². The van der Waals surface area contributed by atoms with E-state index in [0.717, 1.165) is 24.8 Å². The molecule has 0 saturated heterocycles. The molecule has 0 aromatic heterocycles. The third-order valence-electron chi connectivity index (χ3n) is 5.92.